The first-order chi connectivity index (χ1) is 7.80. The van der Waals surface area contributed by atoms with Crippen LogP contribution in [0.15, 0.2) is 17.3 Å². The maximum atomic E-state index is 4.36. The number of rotatable bonds is 7. The van der Waals surface area contributed by atoms with E-state index in [4.69, 9.17) is 0 Å². The van der Waals surface area contributed by atoms with Crippen LogP contribution in [0.1, 0.15) is 13.8 Å². The zero-order valence-electron chi connectivity index (χ0n) is 10.2. The van der Waals surface area contributed by atoms with Gasteiger partial charge in [-0.05, 0) is 19.2 Å². The average Bonchev–Trinajstić information content (AvgIpc) is 2.35. The van der Waals surface area contributed by atoms with Crippen molar-refractivity contribution in [3.63, 3.8) is 0 Å². The van der Waals surface area contributed by atoms with Crippen molar-refractivity contribution in [1.29, 1.82) is 0 Å². The van der Waals surface area contributed by atoms with Crippen molar-refractivity contribution in [2.24, 2.45) is 0 Å². The molecule has 0 amide bonds. The number of hydrogen-bond acceptors (Lipinski definition) is 5. The Morgan fingerprint density at radius 3 is 2.75 bits per heavy atom. The molecule has 4 nitrogen and oxygen atoms in total. The predicted molar refractivity (Wildman–Crippen MR) is 70.1 cm³/mol. The van der Waals surface area contributed by atoms with Crippen molar-refractivity contribution in [1.82, 2.24) is 14.9 Å². The highest BCUT2D eigenvalue weighted by molar-refractivity contribution is 7.99. The fraction of sp³-hybridized carbons (Fsp3) is 0.636. The van der Waals surface area contributed by atoms with E-state index in [2.05, 4.69) is 34.0 Å². The fourth-order valence-corrected chi connectivity index (χ4v) is 2.23. The third kappa shape index (κ3) is 4.37. The lowest BCUT2D eigenvalue weighted by molar-refractivity contribution is 0.324. The molecule has 0 aromatic carbocycles. The van der Waals surface area contributed by atoms with Crippen molar-refractivity contribution in [3.8, 4) is 0 Å². The van der Waals surface area contributed by atoms with Gasteiger partial charge in [-0.2, -0.15) is 0 Å². The molecule has 0 unspecified atom stereocenters. The maximum Gasteiger partial charge on any atom is 0.223 e. The SMILES string of the molecule is CCN(CC)CCSc1ccnc(NC)n1. The van der Waals surface area contributed by atoms with Crippen LogP contribution in [0.3, 0.4) is 0 Å². The van der Waals surface area contributed by atoms with E-state index in [1.807, 2.05) is 13.1 Å². The molecule has 0 aliphatic rings. The second-order valence-corrected chi connectivity index (χ2v) is 4.46. The first kappa shape index (κ1) is 13.3. The summed E-state index contributed by atoms with van der Waals surface area (Å²) in [5, 5.41) is 3.98. The molecule has 0 radical (unpaired) electrons. The molecule has 1 aromatic heterocycles. The molecule has 0 atom stereocenters. The molecule has 0 aliphatic carbocycles. The molecule has 1 N–H and O–H groups in total. The molecule has 0 saturated carbocycles. The summed E-state index contributed by atoms with van der Waals surface area (Å²) in [5.74, 6) is 1.76. The Labute approximate surface area is 102 Å². The first-order valence-corrected chi connectivity index (χ1v) is 6.64. The highest BCUT2D eigenvalue weighted by Crippen LogP contribution is 2.15. The van der Waals surface area contributed by atoms with Crippen molar-refractivity contribution >= 4 is 17.7 Å². The van der Waals surface area contributed by atoms with Gasteiger partial charge < -0.3 is 10.2 Å². The van der Waals surface area contributed by atoms with E-state index >= 15 is 0 Å². The molecule has 0 fully saturated rings. The summed E-state index contributed by atoms with van der Waals surface area (Å²) < 4.78 is 0. The maximum absolute atomic E-state index is 4.36. The number of nitrogens with one attached hydrogen (secondary N) is 1. The molecule has 0 bridgehead atoms. The van der Waals surface area contributed by atoms with Crippen molar-refractivity contribution in [2.75, 3.05) is 37.8 Å². The molecule has 5 heteroatoms. The highest BCUT2D eigenvalue weighted by Gasteiger charge is 2.01. The molecule has 90 valence electrons. The second-order valence-electron chi connectivity index (χ2n) is 3.34. The van der Waals surface area contributed by atoms with Gasteiger partial charge in [-0.25, -0.2) is 9.97 Å². The average molecular weight is 240 g/mol. The van der Waals surface area contributed by atoms with Gasteiger partial charge in [-0.15, -0.1) is 11.8 Å². The number of nitrogens with zero attached hydrogens (tertiary/aromatic N) is 3. The van der Waals surface area contributed by atoms with Crippen LogP contribution >= 0.6 is 11.8 Å². The summed E-state index contributed by atoms with van der Waals surface area (Å²) in [6, 6.07) is 1.95. The first-order valence-electron chi connectivity index (χ1n) is 5.66. The minimum atomic E-state index is 0.688. The number of anilines is 1. The van der Waals surface area contributed by atoms with E-state index < -0.39 is 0 Å². The van der Waals surface area contributed by atoms with Crippen LogP contribution < -0.4 is 5.32 Å². The monoisotopic (exact) mass is 240 g/mol. The topological polar surface area (TPSA) is 41.1 Å². The molecule has 0 spiro atoms. The van der Waals surface area contributed by atoms with Gasteiger partial charge in [0.1, 0.15) is 5.03 Å². The molecule has 1 aromatic rings. The normalized spacial score (nSPS) is 10.8. The number of thioether (sulfide) groups is 1. The minimum Gasteiger partial charge on any atom is -0.357 e. The van der Waals surface area contributed by atoms with Gasteiger partial charge in [-0.3, -0.25) is 0 Å². The lowest BCUT2D eigenvalue weighted by atomic mass is 10.5. The third-order valence-corrected chi connectivity index (χ3v) is 3.32. The molecular formula is C11H20N4S. The fourth-order valence-electron chi connectivity index (χ4n) is 1.36. The standard InChI is InChI=1S/C11H20N4S/c1-4-15(5-2)8-9-16-10-6-7-13-11(12-3)14-10/h6-7H,4-5,8-9H2,1-3H3,(H,12,13,14). The number of hydrogen-bond donors (Lipinski definition) is 1. The lowest BCUT2D eigenvalue weighted by Gasteiger charge is -2.17. The summed E-state index contributed by atoms with van der Waals surface area (Å²) in [6.07, 6.45) is 1.79. The molecule has 0 aliphatic heterocycles. The summed E-state index contributed by atoms with van der Waals surface area (Å²) in [6.45, 7) is 7.72. The van der Waals surface area contributed by atoms with Gasteiger partial charge >= 0.3 is 0 Å². The summed E-state index contributed by atoms with van der Waals surface area (Å²) >= 11 is 1.78. The quantitative estimate of drug-likeness (QED) is 0.583. The van der Waals surface area contributed by atoms with Gasteiger partial charge in [-0.1, -0.05) is 13.8 Å². The third-order valence-electron chi connectivity index (χ3n) is 2.41. The van der Waals surface area contributed by atoms with E-state index in [1.54, 1.807) is 18.0 Å². The van der Waals surface area contributed by atoms with E-state index in [9.17, 15) is 0 Å². The Bertz CT molecular complexity index is 302. The van der Waals surface area contributed by atoms with Crippen LogP contribution in [0.5, 0.6) is 0 Å². The van der Waals surface area contributed by atoms with E-state index in [0.29, 0.717) is 5.95 Å². The summed E-state index contributed by atoms with van der Waals surface area (Å²) in [5.41, 5.74) is 0. The van der Waals surface area contributed by atoms with Crippen LogP contribution in [0, 0.1) is 0 Å². The zero-order chi connectivity index (χ0) is 11.8. The van der Waals surface area contributed by atoms with Gasteiger partial charge in [0, 0.05) is 25.5 Å². The predicted octanol–water partition coefficient (Wildman–Crippen LogP) is 1.95. The lowest BCUT2D eigenvalue weighted by Crippen LogP contribution is -2.25. The van der Waals surface area contributed by atoms with E-state index in [0.717, 1.165) is 30.4 Å². The Kier molecular flexibility index (Phi) is 6.18. The van der Waals surface area contributed by atoms with Gasteiger partial charge in [0.2, 0.25) is 5.95 Å². The molecule has 16 heavy (non-hydrogen) atoms. The van der Waals surface area contributed by atoms with Crippen LogP contribution in [0.25, 0.3) is 0 Å². The van der Waals surface area contributed by atoms with Crippen LogP contribution in [-0.2, 0) is 0 Å². The minimum absolute atomic E-state index is 0.688. The largest absolute Gasteiger partial charge is 0.357 e. The van der Waals surface area contributed by atoms with Crippen LogP contribution in [-0.4, -0.2) is 47.3 Å². The van der Waals surface area contributed by atoms with Crippen molar-refractivity contribution in [2.45, 2.75) is 18.9 Å². The van der Waals surface area contributed by atoms with Crippen LogP contribution in [0.2, 0.25) is 0 Å². The van der Waals surface area contributed by atoms with E-state index in [-0.39, 0.29) is 0 Å². The Hall–Kier alpha value is -0.810. The molecule has 0 saturated heterocycles. The van der Waals surface area contributed by atoms with Gasteiger partial charge in [0.15, 0.2) is 0 Å². The molecular weight excluding hydrogens is 220 g/mol. The summed E-state index contributed by atoms with van der Waals surface area (Å²) in [7, 11) is 1.83. The van der Waals surface area contributed by atoms with Crippen molar-refractivity contribution < 1.29 is 0 Å². The summed E-state index contributed by atoms with van der Waals surface area (Å²) in [4.78, 5) is 10.9. The smallest absolute Gasteiger partial charge is 0.223 e. The number of aromatic nitrogens is 2. The van der Waals surface area contributed by atoms with Gasteiger partial charge in [0.05, 0.1) is 0 Å². The van der Waals surface area contributed by atoms with Crippen LogP contribution in [0.4, 0.5) is 5.95 Å². The highest BCUT2D eigenvalue weighted by atomic mass is 32.2. The Morgan fingerprint density at radius 2 is 2.12 bits per heavy atom. The Morgan fingerprint density at radius 1 is 1.38 bits per heavy atom. The Balaban J connectivity index is 2.36. The van der Waals surface area contributed by atoms with Gasteiger partial charge in [0.25, 0.3) is 0 Å². The second kappa shape index (κ2) is 7.46. The zero-order valence-corrected chi connectivity index (χ0v) is 11.0. The molecule has 1 rings (SSSR count). The van der Waals surface area contributed by atoms with E-state index in [1.165, 1.54) is 0 Å². The van der Waals surface area contributed by atoms with Crippen molar-refractivity contribution in [3.05, 3.63) is 12.3 Å². The molecule has 1 heterocycles.